The van der Waals surface area contributed by atoms with Crippen LogP contribution in [-0.2, 0) is 16.1 Å². The molecule has 1 amide bonds. The second-order valence-electron chi connectivity index (χ2n) is 4.99. The van der Waals surface area contributed by atoms with Gasteiger partial charge in [0.1, 0.15) is 13.2 Å². The molecule has 8 nitrogen and oxygen atoms in total. The van der Waals surface area contributed by atoms with E-state index in [0.717, 1.165) is 5.56 Å². The van der Waals surface area contributed by atoms with Gasteiger partial charge in [0.15, 0.2) is 0 Å². The lowest BCUT2D eigenvalue weighted by atomic mass is 10.2. The fourth-order valence-corrected chi connectivity index (χ4v) is 2.02. The molecule has 2 heterocycles. The standard InChI is InChI=1S/C17H13N5O3/c18-8-12-3-1-5-14(7-12)20-15(23)10-24-11-16-21-17(22-25-16)13-4-2-6-19-9-13/h1-7,9H,10-11H2,(H,20,23). The first-order chi connectivity index (χ1) is 12.2. The van der Waals surface area contributed by atoms with Crippen molar-refractivity contribution in [2.45, 2.75) is 6.61 Å². The van der Waals surface area contributed by atoms with E-state index in [1.165, 1.54) is 0 Å². The van der Waals surface area contributed by atoms with Crippen molar-refractivity contribution in [3.05, 3.63) is 60.2 Å². The van der Waals surface area contributed by atoms with Gasteiger partial charge in [-0.25, -0.2) is 0 Å². The number of benzene rings is 1. The Balaban J connectivity index is 1.49. The van der Waals surface area contributed by atoms with Crippen LogP contribution in [0.5, 0.6) is 0 Å². The number of rotatable bonds is 6. The highest BCUT2D eigenvalue weighted by Gasteiger charge is 2.10. The smallest absolute Gasteiger partial charge is 0.252 e. The van der Waals surface area contributed by atoms with E-state index in [1.54, 1.807) is 42.7 Å². The zero-order valence-electron chi connectivity index (χ0n) is 13.0. The number of carbonyl (C=O) groups is 1. The normalized spacial score (nSPS) is 10.2. The van der Waals surface area contributed by atoms with Crippen LogP contribution >= 0.6 is 0 Å². The molecule has 0 saturated heterocycles. The lowest BCUT2D eigenvalue weighted by molar-refractivity contribution is -0.121. The minimum absolute atomic E-state index is 0.0128. The number of ether oxygens (including phenoxy) is 1. The summed E-state index contributed by atoms with van der Waals surface area (Å²) in [6.07, 6.45) is 3.27. The molecule has 1 N–H and O–H groups in total. The second-order valence-corrected chi connectivity index (χ2v) is 4.99. The Hall–Kier alpha value is -3.57. The number of nitrogens with zero attached hydrogens (tertiary/aromatic N) is 4. The monoisotopic (exact) mass is 335 g/mol. The van der Waals surface area contributed by atoms with E-state index in [-0.39, 0.29) is 25.0 Å². The molecule has 0 spiro atoms. The zero-order valence-corrected chi connectivity index (χ0v) is 13.0. The summed E-state index contributed by atoms with van der Waals surface area (Å²) in [7, 11) is 0. The predicted molar refractivity (Wildman–Crippen MR) is 87.0 cm³/mol. The number of amides is 1. The van der Waals surface area contributed by atoms with Crippen LogP contribution in [-0.4, -0.2) is 27.6 Å². The maximum Gasteiger partial charge on any atom is 0.252 e. The van der Waals surface area contributed by atoms with Gasteiger partial charge >= 0.3 is 0 Å². The van der Waals surface area contributed by atoms with E-state index >= 15 is 0 Å². The maximum absolute atomic E-state index is 11.8. The third-order valence-electron chi connectivity index (χ3n) is 3.12. The van der Waals surface area contributed by atoms with E-state index < -0.39 is 0 Å². The first-order valence-corrected chi connectivity index (χ1v) is 7.35. The molecule has 1 aromatic carbocycles. The van der Waals surface area contributed by atoms with Crippen molar-refractivity contribution in [3.8, 4) is 17.5 Å². The molecular formula is C17H13N5O3. The third-order valence-corrected chi connectivity index (χ3v) is 3.12. The largest absolute Gasteiger partial charge is 0.362 e. The van der Waals surface area contributed by atoms with Crippen molar-refractivity contribution in [2.75, 3.05) is 11.9 Å². The molecule has 25 heavy (non-hydrogen) atoms. The molecule has 0 fully saturated rings. The van der Waals surface area contributed by atoms with Crippen molar-refractivity contribution < 1.29 is 14.1 Å². The fourth-order valence-electron chi connectivity index (χ4n) is 2.02. The Bertz CT molecular complexity index is 902. The van der Waals surface area contributed by atoms with Gasteiger partial charge in [0, 0.05) is 23.6 Å². The minimum Gasteiger partial charge on any atom is -0.362 e. The van der Waals surface area contributed by atoms with Crippen LogP contribution in [0, 0.1) is 11.3 Å². The van der Waals surface area contributed by atoms with Crippen LogP contribution in [0.1, 0.15) is 11.5 Å². The molecule has 0 bridgehead atoms. The summed E-state index contributed by atoms with van der Waals surface area (Å²) in [6.45, 7) is -0.166. The number of hydrogen-bond acceptors (Lipinski definition) is 7. The Morgan fingerprint density at radius 1 is 1.32 bits per heavy atom. The molecule has 0 aliphatic rings. The van der Waals surface area contributed by atoms with Crippen LogP contribution in [0.3, 0.4) is 0 Å². The van der Waals surface area contributed by atoms with E-state index in [4.69, 9.17) is 14.5 Å². The van der Waals surface area contributed by atoms with E-state index in [0.29, 0.717) is 17.1 Å². The van der Waals surface area contributed by atoms with Gasteiger partial charge in [0.2, 0.25) is 11.7 Å². The Morgan fingerprint density at radius 2 is 2.24 bits per heavy atom. The molecule has 124 valence electrons. The molecule has 0 saturated carbocycles. The Labute approximate surface area is 143 Å². The average molecular weight is 335 g/mol. The highest BCUT2D eigenvalue weighted by molar-refractivity contribution is 5.91. The van der Waals surface area contributed by atoms with Gasteiger partial charge in [0.25, 0.3) is 5.89 Å². The number of nitriles is 1. The molecule has 0 aliphatic carbocycles. The Morgan fingerprint density at radius 3 is 3.04 bits per heavy atom. The van der Waals surface area contributed by atoms with E-state index in [1.807, 2.05) is 12.1 Å². The number of nitrogens with one attached hydrogen (secondary N) is 1. The average Bonchev–Trinajstić information content (AvgIpc) is 3.11. The lowest BCUT2D eigenvalue weighted by Gasteiger charge is -2.05. The van der Waals surface area contributed by atoms with Gasteiger partial charge in [-0.05, 0) is 30.3 Å². The number of anilines is 1. The van der Waals surface area contributed by atoms with Crippen molar-refractivity contribution in [3.63, 3.8) is 0 Å². The summed E-state index contributed by atoms with van der Waals surface area (Å²) in [5.74, 6) is 0.324. The SMILES string of the molecule is N#Cc1cccc(NC(=O)COCc2nc(-c3cccnc3)no2)c1. The van der Waals surface area contributed by atoms with Crippen LogP contribution in [0.15, 0.2) is 53.3 Å². The van der Waals surface area contributed by atoms with Gasteiger partial charge in [-0.3, -0.25) is 9.78 Å². The van der Waals surface area contributed by atoms with Crippen molar-refractivity contribution in [1.29, 1.82) is 5.26 Å². The first-order valence-electron chi connectivity index (χ1n) is 7.35. The Kier molecular flexibility index (Phi) is 5.09. The number of hydrogen-bond donors (Lipinski definition) is 1. The van der Waals surface area contributed by atoms with E-state index in [2.05, 4.69) is 20.4 Å². The quantitative estimate of drug-likeness (QED) is 0.734. The molecule has 0 atom stereocenters. The molecule has 3 aromatic rings. The van der Waals surface area contributed by atoms with Crippen LogP contribution in [0.25, 0.3) is 11.4 Å². The zero-order chi connectivity index (χ0) is 17.5. The molecule has 3 rings (SSSR count). The summed E-state index contributed by atoms with van der Waals surface area (Å²) in [6, 6.07) is 12.2. The highest BCUT2D eigenvalue weighted by Crippen LogP contribution is 2.14. The van der Waals surface area contributed by atoms with Crippen molar-refractivity contribution in [1.82, 2.24) is 15.1 Å². The molecule has 0 radical (unpaired) electrons. The van der Waals surface area contributed by atoms with Crippen molar-refractivity contribution in [2.24, 2.45) is 0 Å². The highest BCUT2D eigenvalue weighted by atomic mass is 16.5. The van der Waals surface area contributed by atoms with Crippen molar-refractivity contribution >= 4 is 11.6 Å². The summed E-state index contributed by atoms with van der Waals surface area (Å²) in [5, 5.41) is 15.3. The van der Waals surface area contributed by atoms with Crippen LogP contribution < -0.4 is 5.32 Å². The summed E-state index contributed by atoms with van der Waals surface area (Å²) >= 11 is 0. The van der Waals surface area contributed by atoms with Gasteiger partial charge in [-0.15, -0.1) is 0 Å². The molecular weight excluding hydrogens is 322 g/mol. The first kappa shape index (κ1) is 16.3. The lowest BCUT2D eigenvalue weighted by Crippen LogP contribution is -2.18. The number of aromatic nitrogens is 3. The van der Waals surface area contributed by atoms with Crippen LogP contribution in [0.4, 0.5) is 5.69 Å². The molecule has 8 heteroatoms. The topological polar surface area (TPSA) is 114 Å². The number of carbonyl (C=O) groups excluding carboxylic acids is 1. The van der Waals surface area contributed by atoms with Gasteiger partial charge < -0.3 is 14.6 Å². The minimum atomic E-state index is -0.345. The summed E-state index contributed by atoms with van der Waals surface area (Å²) in [5.41, 5.74) is 1.73. The summed E-state index contributed by atoms with van der Waals surface area (Å²) in [4.78, 5) is 20.0. The van der Waals surface area contributed by atoms with Gasteiger partial charge in [-0.1, -0.05) is 11.2 Å². The van der Waals surface area contributed by atoms with Gasteiger partial charge in [-0.2, -0.15) is 10.2 Å². The fraction of sp³-hybridized carbons (Fsp3) is 0.118. The van der Waals surface area contributed by atoms with E-state index in [9.17, 15) is 4.79 Å². The van der Waals surface area contributed by atoms with Gasteiger partial charge in [0.05, 0.1) is 11.6 Å². The third kappa shape index (κ3) is 4.46. The summed E-state index contributed by atoms with van der Waals surface area (Å²) < 4.78 is 10.3. The maximum atomic E-state index is 11.8. The van der Waals surface area contributed by atoms with Crippen LogP contribution in [0.2, 0.25) is 0 Å². The predicted octanol–water partition coefficient (Wildman–Crippen LogP) is 2.16. The molecule has 0 aliphatic heterocycles. The second kappa shape index (κ2) is 7.81. The molecule has 0 unspecified atom stereocenters. The molecule has 2 aromatic heterocycles. The number of pyridine rings is 1.